The number of rotatable bonds is 2. The highest BCUT2D eigenvalue weighted by Gasteiger charge is 2.32. The van der Waals surface area contributed by atoms with Gasteiger partial charge in [-0.2, -0.15) is 17.9 Å². The Bertz CT molecular complexity index is 783. The Hall–Kier alpha value is -1.64. The molecule has 0 atom stereocenters. The number of halogens is 6. The number of ether oxygens (including phenoxy) is 1. The summed E-state index contributed by atoms with van der Waals surface area (Å²) in [6.45, 7) is 1.51. The second-order valence-corrected chi connectivity index (χ2v) is 5.73. The molecule has 1 amide bonds. The second-order valence-electron chi connectivity index (χ2n) is 4.54. The summed E-state index contributed by atoms with van der Waals surface area (Å²) in [4.78, 5) is 11.6. The van der Waals surface area contributed by atoms with Gasteiger partial charge in [0.1, 0.15) is 5.02 Å². The van der Waals surface area contributed by atoms with Crippen LogP contribution in [-0.2, 0) is 6.18 Å². The summed E-state index contributed by atoms with van der Waals surface area (Å²) in [5.74, 6) is -0.476. The molecule has 130 valence electrons. The van der Waals surface area contributed by atoms with E-state index >= 15 is 0 Å². The van der Waals surface area contributed by atoms with Crippen LogP contribution in [-0.4, -0.2) is 22.9 Å². The molecule has 1 N–H and O–H groups in total. The number of nitrogens with one attached hydrogen (secondary N) is 1. The first-order chi connectivity index (χ1) is 11.1. The highest BCUT2D eigenvalue weighted by molar-refractivity contribution is 6.37. The molecule has 0 spiro atoms. The zero-order valence-electron chi connectivity index (χ0n) is 12.1. The van der Waals surface area contributed by atoms with E-state index in [0.717, 1.165) is 4.68 Å². The van der Waals surface area contributed by atoms with Gasteiger partial charge in [0.25, 0.3) is 5.88 Å². The number of alkyl halides is 3. The number of carbonyl (C=O) groups is 1. The van der Waals surface area contributed by atoms with Crippen LogP contribution in [0.3, 0.4) is 0 Å². The minimum Gasteiger partial charge on any atom is -0.433 e. The summed E-state index contributed by atoms with van der Waals surface area (Å²) >= 11 is 17.6. The van der Waals surface area contributed by atoms with Gasteiger partial charge in [-0.1, -0.05) is 34.8 Å². The number of aromatic nitrogens is 2. The van der Waals surface area contributed by atoms with Crippen LogP contribution in [0, 0.1) is 6.92 Å². The fourth-order valence-corrected chi connectivity index (χ4v) is 2.46. The standard InChI is InChI=1S/C13H9Cl3F3N3O2/c1-5-9(16)11(21-22(5)12(23)20-2)24-10-7(14)3-6(4-8(10)15)13(17,18)19/h3-4H,1-2H3,(H,20,23). The van der Waals surface area contributed by atoms with Gasteiger partial charge in [0.2, 0.25) is 0 Å². The Morgan fingerprint density at radius 2 is 1.79 bits per heavy atom. The molecule has 0 aliphatic rings. The fraction of sp³-hybridized carbons (Fsp3) is 0.231. The van der Waals surface area contributed by atoms with Crippen molar-refractivity contribution in [2.45, 2.75) is 13.1 Å². The highest BCUT2D eigenvalue weighted by atomic mass is 35.5. The van der Waals surface area contributed by atoms with E-state index in [1.54, 1.807) is 0 Å². The summed E-state index contributed by atoms with van der Waals surface area (Å²) < 4.78 is 44.4. The van der Waals surface area contributed by atoms with E-state index < -0.39 is 17.8 Å². The molecule has 5 nitrogen and oxygen atoms in total. The Morgan fingerprint density at radius 1 is 1.25 bits per heavy atom. The normalized spacial score (nSPS) is 11.5. The lowest BCUT2D eigenvalue weighted by Crippen LogP contribution is -2.26. The number of hydrogen-bond donors (Lipinski definition) is 1. The summed E-state index contributed by atoms with van der Waals surface area (Å²) in [5.41, 5.74) is -0.756. The predicted octanol–water partition coefficient (Wildman–Crippen LogP) is 5.15. The number of nitrogens with zero attached hydrogens (tertiary/aromatic N) is 2. The Labute approximate surface area is 149 Å². The zero-order valence-corrected chi connectivity index (χ0v) is 14.4. The number of amides is 1. The molecular weight excluding hydrogens is 394 g/mol. The summed E-state index contributed by atoms with van der Waals surface area (Å²) in [6, 6.07) is 0.757. The van der Waals surface area contributed by atoms with E-state index in [1.165, 1.54) is 14.0 Å². The lowest BCUT2D eigenvalue weighted by Gasteiger charge is -2.12. The van der Waals surface area contributed by atoms with Crippen molar-refractivity contribution in [1.29, 1.82) is 0 Å². The van der Waals surface area contributed by atoms with Gasteiger partial charge in [-0.3, -0.25) is 0 Å². The van der Waals surface area contributed by atoms with Crippen molar-refractivity contribution in [2.75, 3.05) is 7.05 Å². The lowest BCUT2D eigenvalue weighted by atomic mass is 10.2. The van der Waals surface area contributed by atoms with E-state index in [4.69, 9.17) is 39.5 Å². The van der Waals surface area contributed by atoms with E-state index in [-0.39, 0.29) is 32.4 Å². The van der Waals surface area contributed by atoms with Gasteiger partial charge in [-0.15, -0.1) is 5.10 Å². The first-order valence-corrected chi connectivity index (χ1v) is 7.41. The molecule has 1 heterocycles. The molecule has 0 bridgehead atoms. The average Bonchev–Trinajstić information content (AvgIpc) is 2.77. The van der Waals surface area contributed by atoms with Crippen molar-refractivity contribution < 1.29 is 22.7 Å². The van der Waals surface area contributed by atoms with Crippen LogP contribution in [0.2, 0.25) is 15.1 Å². The molecule has 24 heavy (non-hydrogen) atoms. The topological polar surface area (TPSA) is 56.2 Å². The van der Waals surface area contributed by atoms with Crippen molar-refractivity contribution in [2.24, 2.45) is 0 Å². The molecule has 2 rings (SSSR count). The Morgan fingerprint density at radius 3 is 2.25 bits per heavy atom. The minimum atomic E-state index is -4.61. The number of benzene rings is 1. The van der Waals surface area contributed by atoms with Crippen LogP contribution in [0.1, 0.15) is 11.3 Å². The van der Waals surface area contributed by atoms with Gasteiger partial charge < -0.3 is 10.1 Å². The fourth-order valence-electron chi connectivity index (χ4n) is 1.74. The van der Waals surface area contributed by atoms with Gasteiger partial charge in [0.05, 0.1) is 21.3 Å². The molecule has 2 aromatic rings. The summed E-state index contributed by atoms with van der Waals surface area (Å²) in [7, 11) is 1.39. The summed E-state index contributed by atoms with van der Waals surface area (Å²) in [5, 5.41) is 5.42. The molecule has 0 radical (unpaired) electrons. The van der Waals surface area contributed by atoms with Crippen LogP contribution >= 0.6 is 34.8 Å². The van der Waals surface area contributed by atoms with Gasteiger partial charge in [0, 0.05) is 7.05 Å². The van der Waals surface area contributed by atoms with Crippen LogP contribution < -0.4 is 10.1 Å². The van der Waals surface area contributed by atoms with Crippen LogP contribution in [0.4, 0.5) is 18.0 Å². The van der Waals surface area contributed by atoms with Crippen molar-refractivity contribution in [1.82, 2.24) is 15.1 Å². The molecule has 0 unspecified atom stereocenters. The summed E-state index contributed by atoms with van der Waals surface area (Å²) in [6.07, 6.45) is -4.61. The van der Waals surface area contributed by atoms with Crippen molar-refractivity contribution in [3.8, 4) is 11.6 Å². The van der Waals surface area contributed by atoms with Crippen molar-refractivity contribution >= 4 is 40.8 Å². The molecule has 11 heteroatoms. The second kappa shape index (κ2) is 6.70. The number of hydrogen-bond acceptors (Lipinski definition) is 3. The van der Waals surface area contributed by atoms with Crippen LogP contribution in [0.25, 0.3) is 0 Å². The molecule has 0 aliphatic heterocycles. The maximum absolute atomic E-state index is 12.7. The maximum Gasteiger partial charge on any atom is 0.416 e. The predicted molar refractivity (Wildman–Crippen MR) is 83.4 cm³/mol. The molecule has 0 saturated heterocycles. The quantitative estimate of drug-likeness (QED) is 0.756. The van der Waals surface area contributed by atoms with Gasteiger partial charge >= 0.3 is 12.2 Å². The van der Waals surface area contributed by atoms with E-state index in [0.29, 0.717) is 12.1 Å². The van der Waals surface area contributed by atoms with Crippen LogP contribution in [0.15, 0.2) is 12.1 Å². The van der Waals surface area contributed by atoms with E-state index in [1.807, 2.05) is 0 Å². The molecule has 1 aromatic carbocycles. The SMILES string of the molecule is CNC(=O)n1nc(Oc2c(Cl)cc(C(F)(F)F)cc2Cl)c(Cl)c1C. The van der Waals surface area contributed by atoms with E-state index in [2.05, 4.69) is 10.4 Å². The highest BCUT2D eigenvalue weighted by Crippen LogP contribution is 2.42. The number of carbonyl (C=O) groups excluding carboxylic acids is 1. The largest absolute Gasteiger partial charge is 0.433 e. The molecule has 0 fully saturated rings. The molecule has 0 aliphatic carbocycles. The van der Waals surface area contributed by atoms with Gasteiger partial charge in [-0.25, -0.2) is 4.79 Å². The maximum atomic E-state index is 12.7. The first kappa shape index (κ1) is 18.7. The third kappa shape index (κ3) is 3.55. The lowest BCUT2D eigenvalue weighted by molar-refractivity contribution is -0.137. The van der Waals surface area contributed by atoms with Crippen molar-refractivity contribution in [3.05, 3.63) is 38.5 Å². The monoisotopic (exact) mass is 401 g/mol. The van der Waals surface area contributed by atoms with Gasteiger partial charge in [0.15, 0.2) is 5.75 Å². The van der Waals surface area contributed by atoms with Crippen molar-refractivity contribution in [3.63, 3.8) is 0 Å². The van der Waals surface area contributed by atoms with E-state index in [9.17, 15) is 18.0 Å². The Balaban J connectivity index is 2.44. The van der Waals surface area contributed by atoms with Crippen LogP contribution in [0.5, 0.6) is 11.6 Å². The minimum absolute atomic E-state index is 0.00867. The van der Waals surface area contributed by atoms with Gasteiger partial charge in [-0.05, 0) is 19.1 Å². The first-order valence-electron chi connectivity index (χ1n) is 6.27. The molecule has 0 saturated carbocycles. The average molecular weight is 403 g/mol. The third-order valence-corrected chi connectivity index (χ3v) is 3.94. The zero-order chi connectivity index (χ0) is 18.2. The molecule has 1 aromatic heterocycles. The molecular formula is C13H9Cl3F3N3O2. The Kier molecular flexibility index (Phi) is 5.22. The third-order valence-electron chi connectivity index (χ3n) is 2.94. The smallest absolute Gasteiger partial charge is 0.416 e.